The second-order valence-electron chi connectivity index (χ2n) is 13.7. The van der Waals surface area contributed by atoms with Crippen LogP contribution in [0.2, 0.25) is 0 Å². The molecule has 250 valence electrons. The summed E-state index contributed by atoms with van der Waals surface area (Å²) in [5.74, 6) is 1.37. The SMILES string of the molecule is CC(C)c1noc(N2CCC(C(C)CCOc3cnc(N4CC(NC(=O)OC(C)(C)C)C(c5cc(F)ccc5F)C4)nc3)CC2)n1. The molecule has 0 saturated carbocycles. The van der Waals surface area contributed by atoms with Gasteiger partial charge in [-0.25, -0.2) is 23.5 Å². The number of hydrogen-bond acceptors (Lipinski definition) is 10. The average Bonchev–Trinajstić information content (AvgIpc) is 3.66. The van der Waals surface area contributed by atoms with E-state index >= 15 is 0 Å². The number of ether oxygens (including phenoxy) is 2. The standard InChI is InChI=1S/C33H45F2N7O4/c1-20(2)29-39-31(46-40-29)41-12-9-22(10-13-41)21(3)11-14-44-24-16-36-30(37-17-24)42-18-26(25-15-23(34)7-8-27(25)35)28(19-42)38-32(43)45-33(4,5)6/h7-8,15-17,20-22,26,28H,9-14,18-19H2,1-6H3,(H,38,43). The molecule has 2 saturated heterocycles. The highest BCUT2D eigenvalue weighted by Gasteiger charge is 2.38. The molecule has 2 aliphatic rings. The number of aromatic nitrogens is 4. The molecule has 11 nitrogen and oxygen atoms in total. The summed E-state index contributed by atoms with van der Waals surface area (Å²) in [5, 5.41) is 6.92. The van der Waals surface area contributed by atoms with Gasteiger partial charge in [-0.2, -0.15) is 4.98 Å². The number of nitrogens with zero attached hydrogens (tertiary/aromatic N) is 6. The molecule has 2 aliphatic heterocycles. The number of piperidine rings is 1. The van der Waals surface area contributed by atoms with Crippen LogP contribution in [0.25, 0.3) is 0 Å². The first-order valence-electron chi connectivity index (χ1n) is 16.1. The fraction of sp³-hybridized carbons (Fsp3) is 0.606. The van der Waals surface area contributed by atoms with Gasteiger partial charge in [-0.3, -0.25) is 0 Å². The van der Waals surface area contributed by atoms with E-state index in [9.17, 15) is 13.6 Å². The molecular formula is C33H45F2N7O4. The maximum Gasteiger partial charge on any atom is 0.407 e. The van der Waals surface area contributed by atoms with Crippen LogP contribution in [-0.4, -0.2) is 70.6 Å². The molecule has 1 amide bonds. The van der Waals surface area contributed by atoms with Gasteiger partial charge in [0.2, 0.25) is 5.95 Å². The van der Waals surface area contributed by atoms with Crippen molar-refractivity contribution in [3.8, 4) is 5.75 Å². The van der Waals surface area contributed by atoms with Crippen molar-refractivity contribution in [1.82, 2.24) is 25.4 Å². The Morgan fingerprint density at radius 2 is 1.80 bits per heavy atom. The number of alkyl carbamates (subject to hydrolysis) is 1. The van der Waals surface area contributed by atoms with E-state index in [0.29, 0.717) is 42.7 Å². The zero-order valence-electron chi connectivity index (χ0n) is 27.5. The summed E-state index contributed by atoms with van der Waals surface area (Å²) in [4.78, 5) is 30.1. The molecule has 13 heteroatoms. The number of hydrogen-bond donors (Lipinski definition) is 1. The summed E-state index contributed by atoms with van der Waals surface area (Å²) in [6.45, 7) is 14.6. The maximum atomic E-state index is 14.8. The highest BCUT2D eigenvalue weighted by molar-refractivity contribution is 5.68. The zero-order valence-corrected chi connectivity index (χ0v) is 27.5. The Kier molecular flexibility index (Phi) is 10.3. The second-order valence-corrected chi connectivity index (χ2v) is 13.7. The Bertz CT molecular complexity index is 1450. The minimum Gasteiger partial charge on any atom is -0.490 e. The summed E-state index contributed by atoms with van der Waals surface area (Å²) in [6.07, 6.45) is 5.62. The first kappa shape index (κ1) is 33.3. The number of carbonyl (C=O) groups excluding carboxylic acids is 1. The molecule has 46 heavy (non-hydrogen) atoms. The van der Waals surface area contributed by atoms with Gasteiger partial charge in [-0.15, -0.1) is 0 Å². The molecule has 5 rings (SSSR count). The van der Waals surface area contributed by atoms with Crippen LogP contribution in [-0.2, 0) is 4.74 Å². The fourth-order valence-electron chi connectivity index (χ4n) is 6.08. The first-order chi connectivity index (χ1) is 21.9. The molecule has 3 unspecified atom stereocenters. The molecule has 2 aromatic heterocycles. The second kappa shape index (κ2) is 14.2. The Morgan fingerprint density at radius 3 is 2.46 bits per heavy atom. The van der Waals surface area contributed by atoms with Gasteiger partial charge in [0, 0.05) is 38.0 Å². The summed E-state index contributed by atoms with van der Waals surface area (Å²) >= 11 is 0. The molecule has 0 radical (unpaired) electrons. The molecule has 0 bridgehead atoms. The smallest absolute Gasteiger partial charge is 0.407 e. The summed E-state index contributed by atoms with van der Waals surface area (Å²) in [7, 11) is 0. The van der Waals surface area contributed by atoms with Crippen LogP contribution in [0.1, 0.15) is 84.0 Å². The lowest BCUT2D eigenvalue weighted by atomic mass is 9.84. The molecule has 0 aliphatic carbocycles. The van der Waals surface area contributed by atoms with Crippen LogP contribution >= 0.6 is 0 Å². The molecule has 3 aromatic rings. The van der Waals surface area contributed by atoms with Crippen molar-refractivity contribution in [2.24, 2.45) is 11.8 Å². The zero-order chi connectivity index (χ0) is 33.0. The average molecular weight is 642 g/mol. The van der Waals surface area contributed by atoms with E-state index in [-0.39, 0.29) is 18.0 Å². The van der Waals surface area contributed by atoms with E-state index < -0.39 is 35.3 Å². The van der Waals surface area contributed by atoms with Crippen LogP contribution in [0.4, 0.5) is 25.5 Å². The van der Waals surface area contributed by atoms with Gasteiger partial charge in [-0.05, 0) is 75.6 Å². The molecule has 1 N–H and O–H groups in total. The monoisotopic (exact) mass is 641 g/mol. The highest BCUT2D eigenvalue weighted by Crippen LogP contribution is 2.33. The predicted molar refractivity (Wildman–Crippen MR) is 169 cm³/mol. The van der Waals surface area contributed by atoms with Crippen LogP contribution in [0.5, 0.6) is 5.75 Å². The number of nitrogens with one attached hydrogen (secondary N) is 1. The van der Waals surface area contributed by atoms with Crippen molar-refractivity contribution in [1.29, 1.82) is 0 Å². The van der Waals surface area contributed by atoms with Crippen molar-refractivity contribution in [3.05, 3.63) is 53.6 Å². The normalized spacial score (nSPS) is 19.8. The number of rotatable bonds is 10. The first-order valence-corrected chi connectivity index (χ1v) is 16.1. The van der Waals surface area contributed by atoms with Crippen molar-refractivity contribution >= 4 is 18.1 Å². The number of benzene rings is 1. The maximum absolute atomic E-state index is 14.8. The van der Waals surface area contributed by atoms with Crippen molar-refractivity contribution in [2.75, 3.05) is 42.6 Å². The number of halogens is 2. The molecule has 4 heterocycles. The van der Waals surface area contributed by atoms with Crippen LogP contribution < -0.4 is 19.9 Å². The van der Waals surface area contributed by atoms with Gasteiger partial charge in [0.15, 0.2) is 11.6 Å². The molecule has 0 spiro atoms. The van der Waals surface area contributed by atoms with Gasteiger partial charge >= 0.3 is 12.1 Å². The molecule has 2 fully saturated rings. The van der Waals surface area contributed by atoms with Crippen molar-refractivity contribution in [2.45, 2.75) is 84.3 Å². The number of anilines is 2. The van der Waals surface area contributed by atoms with Gasteiger partial charge in [0.05, 0.1) is 25.0 Å². The Hall–Kier alpha value is -4.03. The molecular weight excluding hydrogens is 596 g/mol. The fourth-order valence-corrected chi connectivity index (χ4v) is 6.08. The lowest BCUT2D eigenvalue weighted by molar-refractivity contribution is 0.0504. The van der Waals surface area contributed by atoms with E-state index in [1.165, 1.54) is 6.07 Å². The summed E-state index contributed by atoms with van der Waals surface area (Å²) in [5.41, 5.74) is -0.525. The van der Waals surface area contributed by atoms with E-state index in [1.54, 1.807) is 33.2 Å². The Labute approximate surface area is 269 Å². The molecule has 1 aromatic carbocycles. The summed E-state index contributed by atoms with van der Waals surface area (Å²) in [6, 6.07) is 3.41. The van der Waals surface area contributed by atoms with Gasteiger partial charge in [-0.1, -0.05) is 25.9 Å². The van der Waals surface area contributed by atoms with E-state index in [0.717, 1.165) is 50.3 Å². The lowest BCUT2D eigenvalue weighted by Gasteiger charge is -2.33. The predicted octanol–water partition coefficient (Wildman–Crippen LogP) is 6.08. The van der Waals surface area contributed by atoms with Crippen LogP contribution in [0.3, 0.4) is 0 Å². The Balaban J connectivity index is 1.13. The minimum absolute atomic E-state index is 0.179. The topological polar surface area (TPSA) is 119 Å². The molecule has 3 atom stereocenters. The quantitative estimate of drug-likeness (QED) is 0.279. The Morgan fingerprint density at radius 1 is 1.09 bits per heavy atom. The van der Waals surface area contributed by atoms with Gasteiger partial charge in [0.25, 0.3) is 0 Å². The third-order valence-corrected chi connectivity index (χ3v) is 8.68. The summed E-state index contributed by atoms with van der Waals surface area (Å²) < 4.78 is 45.8. The van der Waals surface area contributed by atoms with Crippen LogP contribution in [0, 0.1) is 23.5 Å². The highest BCUT2D eigenvalue weighted by atomic mass is 19.1. The largest absolute Gasteiger partial charge is 0.490 e. The van der Waals surface area contributed by atoms with Crippen molar-refractivity contribution in [3.63, 3.8) is 0 Å². The van der Waals surface area contributed by atoms with Gasteiger partial charge < -0.3 is 29.1 Å². The third-order valence-electron chi connectivity index (χ3n) is 8.68. The third kappa shape index (κ3) is 8.41. The van der Waals surface area contributed by atoms with E-state index in [2.05, 4.69) is 51.1 Å². The van der Waals surface area contributed by atoms with Gasteiger partial charge in [0.1, 0.15) is 17.2 Å². The number of amides is 1. The lowest BCUT2D eigenvalue weighted by Crippen LogP contribution is -2.43. The van der Waals surface area contributed by atoms with Crippen molar-refractivity contribution < 1.29 is 27.6 Å². The van der Waals surface area contributed by atoms with Crippen LogP contribution in [0.15, 0.2) is 35.1 Å². The van der Waals surface area contributed by atoms with E-state index in [4.69, 9.17) is 14.0 Å². The number of carbonyl (C=O) groups is 1. The minimum atomic E-state index is -0.704. The van der Waals surface area contributed by atoms with E-state index in [1.807, 2.05) is 4.90 Å².